The summed E-state index contributed by atoms with van der Waals surface area (Å²) in [6.07, 6.45) is 0.840. The number of aromatic hydroxyl groups is 2. The molecule has 4 heteroatoms. The second-order valence-corrected chi connectivity index (χ2v) is 6.33. The minimum Gasteiger partial charge on any atom is -0.504 e. The summed E-state index contributed by atoms with van der Waals surface area (Å²) in [5.41, 5.74) is 4.40. The monoisotopic (exact) mass is 313 g/mol. The molecule has 0 radical (unpaired) electrons. The average Bonchev–Trinajstić information content (AvgIpc) is 2.54. The first-order chi connectivity index (χ1) is 11.0. The fourth-order valence-electron chi connectivity index (χ4n) is 3.26. The zero-order chi connectivity index (χ0) is 16.6. The molecule has 2 aromatic rings. The Morgan fingerprint density at radius 1 is 1.13 bits per heavy atom. The molecule has 1 aliphatic heterocycles. The largest absolute Gasteiger partial charge is 0.504 e. The highest BCUT2D eigenvalue weighted by atomic mass is 16.5. The zero-order valence-corrected chi connectivity index (χ0v) is 13.8. The Balaban J connectivity index is 2.07. The van der Waals surface area contributed by atoms with E-state index in [0.29, 0.717) is 5.92 Å². The molecule has 0 aromatic heterocycles. The van der Waals surface area contributed by atoms with Crippen molar-refractivity contribution in [2.24, 2.45) is 0 Å². The molecule has 0 spiro atoms. The molecule has 0 aliphatic carbocycles. The van der Waals surface area contributed by atoms with Crippen molar-refractivity contribution in [1.82, 2.24) is 5.32 Å². The zero-order valence-electron chi connectivity index (χ0n) is 13.8. The Labute approximate surface area is 136 Å². The molecule has 1 heterocycles. The van der Waals surface area contributed by atoms with Crippen LogP contribution in [0.15, 0.2) is 30.3 Å². The van der Waals surface area contributed by atoms with E-state index in [2.05, 4.69) is 31.3 Å². The molecule has 0 amide bonds. The van der Waals surface area contributed by atoms with Gasteiger partial charge in [0.05, 0.1) is 13.2 Å². The predicted molar refractivity (Wildman–Crippen MR) is 90.4 cm³/mol. The van der Waals surface area contributed by atoms with Gasteiger partial charge in [-0.05, 0) is 58.9 Å². The molecular weight excluding hydrogens is 290 g/mol. The van der Waals surface area contributed by atoms with Gasteiger partial charge in [-0.25, -0.2) is 0 Å². The number of benzene rings is 2. The highest BCUT2D eigenvalue weighted by molar-refractivity contribution is 5.51. The van der Waals surface area contributed by atoms with Gasteiger partial charge in [0.15, 0.2) is 11.5 Å². The van der Waals surface area contributed by atoms with E-state index >= 15 is 0 Å². The number of phenols is 2. The smallest absolute Gasteiger partial charge is 0.157 e. The van der Waals surface area contributed by atoms with Gasteiger partial charge in [0.2, 0.25) is 0 Å². The molecule has 23 heavy (non-hydrogen) atoms. The van der Waals surface area contributed by atoms with E-state index in [-0.39, 0.29) is 17.5 Å². The van der Waals surface area contributed by atoms with Crippen molar-refractivity contribution < 1.29 is 14.9 Å². The number of hydrogen-bond acceptors (Lipinski definition) is 4. The molecule has 1 unspecified atom stereocenters. The maximum Gasteiger partial charge on any atom is 0.157 e. The summed E-state index contributed by atoms with van der Waals surface area (Å²) in [7, 11) is 1.69. The summed E-state index contributed by atoms with van der Waals surface area (Å²) in [4.78, 5) is 0. The van der Waals surface area contributed by atoms with Crippen molar-refractivity contribution in [2.75, 3.05) is 13.7 Å². The normalized spacial score (nSPS) is 17.1. The van der Waals surface area contributed by atoms with Crippen molar-refractivity contribution >= 4 is 0 Å². The van der Waals surface area contributed by atoms with E-state index in [0.717, 1.165) is 35.4 Å². The number of fused-ring (bicyclic) bond motifs is 1. The van der Waals surface area contributed by atoms with E-state index in [1.807, 2.05) is 6.07 Å². The molecule has 1 atom stereocenters. The van der Waals surface area contributed by atoms with E-state index < -0.39 is 0 Å². The Hall–Kier alpha value is -2.20. The van der Waals surface area contributed by atoms with E-state index in [9.17, 15) is 10.2 Å². The van der Waals surface area contributed by atoms with Crippen LogP contribution in [-0.2, 0) is 6.42 Å². The van der Waals surface area contributed by atoms with Gasteiger partial charge in [-0.1, -0.05) is 19.9 Å². The van der Waals surface area contributed by atoms with Gasteiger partial charge in [0, 0.05) is 6.54 Å². The predicted octanol–water partition coefficient (Wildman–Crippen LogP) is 3.46. The Bertz CT molecular complexity index is 725. The number of nitrogens with one attached hydrogen (secondary N) is 1. The van der Waals surface area contributed by atoms with Gasteiger partial charge in [-0.3, -0.25) is 0 Å². The van der Waals surface area contributed by atoms with Crippen LogP contribution in [0.4, 0.5) is 0 Å². The molecule has 0 bridgehead atoms. The molecule has 1 aliphatic rings. The summed E-state index contributed by atoms with van der Waals surface area (Å²) in [6, 6.07) is 9.57. The Morgan fingerprint density at radius 3 is 2.57 bits per heavy atom. The molecule has 0 saturated carbocycles. The molecule has 4 nitrogen and oxygen atoms in total. The number of methoxy groups -OCH3 is 1. The van der Waals surface area contributed by atoms with Crippen LogP contribution in [0.3, 0.4) is 0 Å². The number of rotatable bonds is 3. The minimum atomic E-state index is -0.0740. The van der Waals surface area contributed by atoms with Gasteiger partial charge in [0.25, 0.3) is 0 Å². The van der Waals surface area contributed by atoms with Crippen molar-refractivity contribution in [1.29, 1.82) is 0 Å². The van der Waals surface area contributed by atoms with Gasteiger partial charge < -0.3 is 20.3 Å². The average molecular weight is 313 g/mol. The van der Waals surface area contributed by atoms with Crippen LogP contribution < -0.4 is 10.1 Å². The van der Waals surface area contributed by atoms with Gasteiger partial charge >= 0.3 is 0 Å². The van der Waals surface area contributed by atoms with Crippen molar-refractivity contribution in [3.8, 4) is 17.2 Å². The van der Waals surface area contributed by atoms with Crippen LogP contribution in [0, 0.1) is 0 Å². The number of ether oxygens (including phenoxy) is 1. The number of hydrogen-bond donors (Lipinski definition) is 3. The van der Waals surface area contributed by atoms with E-state index in [4.69, 9.17) is 4.74 Å². The summed E-state index contributed by atoms with van der Waals surface area (Å²) >= 11 is 0. The molecular formula is C19H23NO3. The minimum absolute atomic E-state index is 0.00801. The third-order valence-corrected chi connectivity index (χ3v) is 4.50. The van der Waals surface area contributed by atoms with Gasteiger partial charge in [0.1, 0.15) is 5.75 Å². The standard InChI is InChI=1S/C19H23NO3/c1-11(2)14-8-13(4-5-18(14)23-3)19-15-10-17(22)16(21)9-12(15)6-7-20-19/h4-5,8-11,19-22H,6-7H2,1-3H3. The fourth-order valence-corrected chi connectivity index (χ4v) is 3.26. The summed E-state index contributed by atoms with van der Waals surface area (Å²) in [5.74, 6) is 1.13. The van der Waals surface area contributed by atoms with Crippen molar-refractivity contribution in [3.63, 3.8) is 0 Å². The molecule has 122 valence electrons. The maximum absolute atomic E-state index is 9.87. The quantitative estimate of drug-likeness (QED) is 0.759. The van der Waals surface area contributed by atoms with Crippen LogP contribution in [0.25, 0.3) is 0 Å². The second-order valence-electron chi connectivity index (χ2n) is 6.33. The van der Waals surface area contributed by atoms with Crippen LogP contribution in [0.5, 0.6) is 17.2 Å². The second kappa shape index (κ2) is 6.13. The van der Waals surface area contributed by atoms with Crippen LogP contribution in [-0.4, -0.2) is 23.9 Å². The summed E-state index contributed by atoms with van der Waals surface area (Å²) in [6.45, 7) is 5.13. The van der Waals surface area contributed by atoms with Gasteiger partial charge in [-0.2, -0.15) is 0 Å². The molecule has 3 rings (SSSR count). The lowest BCUT2D eigenvalue weighted by Gasteiger charge is -2.28. The van der Waals surface area contributed by atoms with Crippen LogP contribution in [0.2, 0.25) is 0 Å². The molecule has 3 N–H and O–H groups in total. The highest BCUT2D eigenvalue weighted by Gasteiger charge is 2.24. The molecule has 2 aromatic carbocycles. The lowest BCUT2D eigenvalue weighted by Crippen LogP contribution is -2.30. The molecule has 0 fully saturated rings. The van der Waals surface area contributed by atoms with Crippen LogP contribution >= 0.6 is 0 Å². The maximum atomic E-state index is 9.87. The Kier molecular flexibility index (Phi) is 4.18. The third kappa shape index (κ3) is 2.86. The topological polar surface area (TPSA) is 61.7 Å². The SMILES string of the molecule is COc1ccc(C2NCCc3cc(O)c(O)cc32)cc1C(C)C. The first kappa shape index (κ1) is 15.7. The third-order valence-electron chi connectivity index (χ3n) is 4.50. The van der Waals surface area contributed by atoms with Crippen LogP contribution in [0.1, 0.15) is 48.1 Å². The number of phenolic OH excluding ortho intramolecular Hbond substituents is 2. The molecule has 0 saturated heterocycles. The van der Waals surface area contributed by atoms with E-state index in [1.165, 1.54) is 5.56 Å². The van der Waals surface area contributed by atoms with Crippen molar-refractivity contribution in [3.05, 3.63) is 52.6 Å². The first-order valence-corrected chi connectivity index (χ1v) is 7.97. The first-order valence-electron chi connectivity index (χ1n) is 7.97. The van der Waals surface area contributed by atoms with Crippen molar-refractivity contribution in [2.45, 2.75) is 32.2 Å². The Morgan fingerprint density at radius 2 is 1.87 bits per heavy atom. The highest BCUT2D eigenvalue weighted by Crippen LogP contribution is 2.38. The summed E-state index contributed by atoms with van der Waals surface area (Å²) < 4.78 is 5.46. The summed E-state index contributed by atoms with van der Waals surface area (Å²) in [5, 5.41) is 23.1. The van der Waals surface area contributed by atoms with E-state index in [1.54, 1.807) is 19.2 Å². The van der Waals surface area contributed by atoms with Gasteiger partial charge in [-0.15, -0.1) is 0 Å². The lowest BCUT2D eigenvalue weighted by atomic mass is 9.87. The fraction of sp³-hybridized carbons (Fsp3) is 0.368. The lowest BCUT2D eigenvalue weighted by molar-refractivity contribution is 0.400.